The van der Waals surface area contributed by atoms with Crippen LogP contribution in [0.5, 0.6) is 0 Å². The summed E-state index contributed by atoms with van der Waals surface area (Å²) in [5.74, 6) is 0.212. The molecule has 2 rings (SSSR count). The van der Waals surface area contributed by atoms with Crippen molar-refractivity contribution in [3.8, 4) is 0 Å². The summed E-state index contributed by atoms with van der Waals surface area (Å²) in [5.41, 5.74) is 6.95. The van der Waals surface area contributed by atoms with E-state index in [9.17, 15) is 4.79 Å². The molecule has 1 aromatic carbocycles. The SMILES string of the molecule is CC(C)(CNC(=O)C1CCCC(N)C1)c1cccc(Cl)c1. The Hall–Kier alpha value is -1.06. The first-order valence-corrected chi connectivity index (χ1v) is 8.05. The zero-order valence-corrected chi connectivity index (χ0v) is 13.6. The molecule has 1 aliphatic carbocycles. The molecular formula is C17H25ClN2O. The van der Waals surface area contributed by atoms with Crippen LogP contribution in [0.3, 0.4) is 0 Å². The van der Waals surface area contributed by atoms with Crippen LogP contribution in [0.1, 0.15) is 45.1 Å². The minimum atomic E-state index is -0.142. The second-order valence-corrected chi connectivity index (χ2v) is 7.17. The number of hydrogen-bond acceptors (Lipinski definition) is 2. The number of hydrogen-bond donors (Lipinski definition) is 2. The number of carbonyl (C=O) groups excluding carboxylic acids is 1. The average Bonchev–Trinajstić information content (AvgIpc) is 2.45. The predicted octanol–water partition coefficient (Wildman–Crippen LogP) is 3.25. The predicted molar refractivity (Wildman–Crippen MR) is 87.4 cm³/mol. The van der Waals surface area contributed by atoms with E-state index in [0.717, 1.165) is 36.3 Å². The highest BCUT2D eigenvalue weighted by Gasteiger charge is 2.27. The van der Waals surface area contributed by atoms with Gasteiger partial charge in [-0.1, -0.05) is 44.0 Å². The number of rotatable bonds is 4. The Labute approximate surface area is 132 Å². The molecule has 3 N–H and O–H groups in total. The van der Waals surface area contributed by atoms with E-state index in [1.165, 1.54) is 0 Å². The third-order valence-corrected chi connectivity index (χ3v) is 4.63. The Morgan fingerprint density at radius 3 is 2.86 bits per heavy atom. The molecule has 21 heavy (non-hydrogen) atoms. The zero-order valence-electron chi connectivity index (χ0n) is 12.9. The van der Waals surface area contributed by atoms with E-state index in [1.807, 2.05) is 18.2 Å². The van der Waals surface area contributed by atoms with Gasteiger partial charge in [0.1, 0.15) is 0 Å². The first kappa shape index (κ1) is 16.3. The Morgan fingerprint density at radius 1 is 1.43 bits per heavy atom. The van der Waals surface area contributed by atoms with Crippen molar-refractivity contribution in [3.05, 3.63) is 34.9 Å². The van der Waals surface area contributed by atoms with Gasteiger partial charge in [-0.3, -0.25) is 4.79 Å². The highest BCUT2D eigenvalue weighted by molar-refractivity contribution is 6.30. The third kappa shape index (κ3) is 4.45. The van der Waals surface area contributed by atoms with Crippen LogP contribution in [-0.2, 0) is 10.2 Å². The summed E-state index contributed by atoms with van der Waals surface area (Å²) in [7, 11) is 0. The van der Waals surface area contributed by atoms with Gasteiger partial charge in [-0.2, -0.15) is 0 Å². The summed E-state index contributed by atoms with van der Waals surface area (Å²) in [4.78, 5) is 12.3. The molecule has 4 heteroatoms. The van der Waals surface area contributed by atoms with Crippen LogP contribution in [0.25, 0.3) is 0 Å². The standard InChI is InChI=1S/C17H25ClN2O/c1-17(2,13-6-4-7-14(18)10-13)11-20-16(21)12-5-3-8-15(19)9-12/h4,6-7,10,12,15H,3,5,8-9,11,19H2,1-2H3,(H,20,21). The smallest absolute Gasteiger partial charge is 0.223 e. The average molecular weight is 309 g/mol. The normalized spacial score (nSPS) is 22.9. The largest absolute Gasteiger partial charge is 0.355 e. The summed E-state index contributed by atoms with van der Waals surface area (Å²) in [6.07, 6.45) is 3.86. The van der Waals surface area contributed by atoms with Crippen LogP contribution in [0, 0.1) is 5.92 Å². The molecule has 0 saturated heterocycles. The monoisotopic (exact) mass is 308 g/mol. The van der Waals surface area contributed by atoms with E-state index in [0.29, 0.717) is 6.54 Å². The van der Waals surface area contributed by atoms with Crippen LogP contribution in [-0.4, -0.2) is 18.5 Å². The first-order valence-electron chi connectivity index (χ1n) is 7.68. The van der Waals surface area contributed by atoms with Crippen molar-refractivity contribution < 1.29 is 4.79 Å². The van der Waals surface area contributed by atoms with E-state index in [4.69, 9.17) is 17.3 Å². The van der Waals surface area contributed by atoms with Crippen molar-refractivity contribution in [3.63, 3.8) is 0 Å². The molecule has 116 valence electrons. The maximum atomic E-state index is 12.3. The van der Waals surface area contributed by atoms with E-state index in [1.54, 1.807) is 0 Å². The fourth-order valence-electron chi connectivity index (χ4n) is 2.93. The highest BCUT2D eigenvalue weighted by atomic mass is 35.5. The van der Waals surface area contributed by atoms with Crippen molar-refractivity contribution in [2.24, 2.45) is 11.7 Å². The second-order valence-electron chi connectivity index (χ2n) is 6.74. The van der Waals surface area contributed by atoms with Gasteiger partial charge in [-0.15, -0.1) is 0 Å². The van der Waals surface area contributed by atoms with Crippen molar-refractivity contribution in [1.29, 1.82) is 0 Å². The van der Waals surface area contributed by atoms with Gasteiger partial charge in [0, 0.05) is 28.9 Å². The molecule has 0 spiro atoms. The van der Waals surface area contributed by atoms with E-state index >= 15 is 0 Å². The summed E-state index contributed by atoms with van der Waals surface area (Å²) in [5, 5.41) is 3.82. The summed E-state index contributed by atoms with van der Waals surface area (Å²) < 4.78 is 0. The van der Waals surface area contributed by atoms with Gasteiger partial charge in [-0.25, -0.2) is 0 Å². The molecule has 0 aromatic heterocycles. The Balaban J connectivity index is 1.93. The summed E-state index contributed by atoms with van der Waals surface area (Å²) in [6.45, 7) is 4.84. The Bertz CT molecular complexity index is 501. The second kappa shape index (κ2) is 6.80. The maximum Gasteiger partial charge on any atom is 0.223 e. The number of nitrogens with two attached hydrogens (primary N) is 1. The number of halogens is 1. The van der Waals surface area contributed by atoms with Crippen LogP contribution in [0.4, 0.5) is 0 Å². The number of carbonyl (C=O) groups is 1. The molecule has 1 amide bonds. The molecule has 0 aliphatic heterocycles. The van der Waals surface area contributed by atoms with Crippen molar-refractivity contribution in [2.75, 3.05) is 6.54 Å². The van der Waals surface area contributed by atoms with Gasteiger partial charge in [0.05, 0.1) is 0 Å². The number of nitrogens with one attached hydrogen (secondary N) is 1. The topological polar surface area (TPSA) is 55.1 Å². The lowest BCUT2D eigenvalue weighted by atomic mass is 9.83. The maximum absolute atomic E-state index is 12.3. The molecule has 1 saturated carbocycles. The molecule has 2 unspecified atom stereocenters. The zero-order chi connectivity index (χ0) is 15.5. The Morgan fingerprint density at radius 2 is 2.19 bits per heavy atom. The highest BCUT2D eigenvalue weighted by Crippen LogP contribution is 2.26. The van der Waals surface area contributed by atoms with Crippen molar-refractivity contribution >= 4 is 17.5 Å². The van der Waals surface area contributed by atoms with Gasteiger partial charge >= 0.3 is 0 Å². The molecule has 1 aliphatic rings. The van der Waals surface area contributed by atoms with E-state index in [2.05, 4.69) is 25.2 Å². The summed E-state index contributed by atoms with van der Waals surface area (Å²) in [6, 6.07) is 8.00. The van der Waals surface area contributed by atoms with Crippen LogP contribution >= 0.6 is 11.6 Å². The van der Waals surface area contributed by atoms with Gasteiger partial charge in [0.25, 0.3) is 0 Å². The van der Waals surface area contributed by atoms with Gasteiger partial charge < -0.3 is 11.1 Å². The molecule has 0 radical (unpaired) electrons. The van der Waals surface area contributed by atoms with Crippen molar-refractivity contribution in [2.45, 2.75) is 51.0 Å². The molecule has 0 bridgehead atoms. The lowest BCUT2D eigenvalue weighted by Crippen LogP contribution is -2.42. The first-order chi connectivity index (χ1) is 9.88. The van der Waals surface area contributed by atoms with Crippen LogP contribution in [0.15, 0.2) is 24.3 Å². The van der Waals surface area contributed by atoms with E-state index < -0.39 is 0 Å². The molecule has 1 fully saturated rings. The Kier molecular flexibility index (Phi) is 5.28. The molecule has 0 heterocycles. The van der Waals surface area contributed by atoms with Crippen molar-refractivity contribution in [1.82, 2.24) is 5.32 Å². The van der Waals surface area contributed by atoms with Gasteiger partial charge in [0.15, 0.2) is 0 Å². The lowest BCUT2D eigenvalue weighted by Gasteiger charge is -2.29. The van der Waals surface area contributed by atoms with Gasteiger partial charge in [-0.05, 0) is 37.0 Å². The molecule has 2 atom stereocenters. The lowest BCUT2D eigenvalue weighted by molar-refractivity contribution is -0.126. The van der Waals surface area contributed by atoms with Crippen LogP contribution < -0.4 is 11.1 Å². The molecule has 3 nitrogen and oxygen atoms in total. The third-order valence-electron chi connectivity index (χ3n) is 4.40. The molecular weight excluding hydrogens is 284 g/mol. The minimum Gasteiger partial charge on any atom is -0.355 e. The van der Waals surface area contributed by atoms with E-state index in [-0.39, 0.29) is 23.3 Å². The number of benzene rings is 1. The van der Waals surface area contributed by atoms with Gasteiger partial charge in [0.2, 0.25) is 5.91 Å². The van der Waals surface area contributed by atoms with Crippen LogP contribution in [0.2, 0.25) is 5.02 Å². The summed E-state index contributed by atoms with van der Waals surface area (Å²) >= 11 is 6.05. The quantitative estimate of drug-likeness (QED) is 0.897. The fourth-order valence-corrected chi connectivity index (χ4v) is 3.12. The molecule has 1 aromatic rings. The fraction of sp³-hybridized carbons (Fsp3) is 0.588. The minimum absolute atomic E-state index is 0.0731. The number of amides is 1.